The summed E-state index contributed by atoms with van der Waals surface area (Å²) >= 11 is 6.47. The van der Waals surface area contributed by atoms with Crippen LogP contribution in [0.4, 0.5) is 13.2 Å². The lowest BCUT2D eigenvalue weighted by Crippen LogP contribution is -2.46. The molecule has 0 aliphatic rings. The minimum Gasteiger partial charge on any atom is -0.496 e. The first-order valence-corrected chi connectivity index (χ1v) is 11.7. The second-order valence-electron chi connectivity index (χ2n) is 8.74. The molecule has 4 aromatic rings. The van der Waals surface area contributed by atoms with Crippen molar-refractivity contribution in [1.29, 1.82) is 0 Å². The molecule has 0 radical (unpaired) electrons. The SMILES string of the molecule is COC(=O)c1ccc(-c2ccc([C@@H](C)[C@@](O)(c3ccc4oc(=O)n(C)c4c3)C(F)(F)F)c(Cl)c2)cc1OC. The zero-order valence-electron chi connectivity index (χ0n) is 20.7. The molecule has 38 heavy (non-hydrogen) atoms. The zero-order chi connectivity index (χ0) is 28.0. The monoisotopic (exact) mass is 549 g/mol. The highest BCUT2D eigenvalue weighted by molar-refractivity contribution is 6.31. The Balaban J connectivity index is 1.78. The van der Waals surface area contributed by atoms with Crippen LogP contribution >= 0.6 is 11.6 Å². The summed E-state index contributed by atoms with van der Waals surface area (Å²) in [6, 6.07) is 12.5. The van der Waals surface area contributed by atoms with Crippen LogP contribution in [0.1, 0.15) is 34.3 Å². The third-order valence-corrected chi connectivity index (χ3v) is 7.02. The van der Waals surface area contributed by atoms with Gasteiger partial charge in [0.15, 0.2) is 11.2 Å². The van der Waals surface area contributed by atoms with Crippen LogP contribution in [0.3, 0.4) is 0 Å². The number of aromatic nitrogens is 1. The van der Waals surface area contributed by atoms with Crippen LogP contribution in [-0.4, -0.2) is 36.0 Å². The van der Waals surface area contributed by atoms with Crippen LogP contribution in [-0.2, 0) is 17.4 Å². The van der Waals surface area contributed by atoms with Crippen molar-refractivity contribution in [2.45, 2.75) is 24.6 Å². The molecule has 1 aromatic heterocycles. The minimum absolute atomic E-state index is 0.00882. The summed E-state index contributed by atoms with van der Waals surface area (Å²) in [5.41, 5.74) is -2.22. The van der Waals surface area contributed by atoms with Gasteiger partial charge < -0.3 is 19.0 Å². The first kappa shape index (κ1) is 27.3. The molecule has 1 heterocycles. The standard InChI is InChI=1S/C27H23ClF3NO6/c1-14(26(35,27(29,30)31)17-7-10-22-21(13-17)32(2)25(34)38-22)18-8-5-15(11-20(18)28)16-6-9-19(24(33)37-4)23(12-16)36-3/h5-14,35H,1-4H3/t14-,26-/m1/s1. The van der Waals surface area contributed by atoms with E-state index < -0.39 is 35.0 Å². The molecule has 200 valence electrons. The predicted octanol–water partition coefficient (Wildman–Crippen LogP) is 5.80. The van der Waals surface area contributed by atoms with E-state index in [0.717, 1.165) is 16.7 Å². The first-order chi connectivity index (χ1) is 17.8. The van der Waals surface area contributed by atoms with Gasteiger partial charge in [-0.2, -0.15) is 13.2 Å². The Morgan fingerprint density at radius 2 is 1.71 bits per heavy atom. The zero-order valence-corrected chi connectivity index (χ0v) is 21.5. The molecule has 0 aliphatic carbocycles. The van der Waals surface area contributed by atoms with Gasteiger partial charge >= 0.3 is 17.9 Å². The normalized spacial score (nSPS) is 14.2. The van der Waals surface area contributed by atoms with Gasteiger partial charge in [0.2, 0.25) is 0 Å². The number of aryl methyl sites for hydroxylation is 1. The molecular formula is C27H23ClF3NO6. The molecule has 0 bridgehead atoms. The number of methoxy groups -OCH3 is 2. The van der Waals surface area contributed by atoms with Gasteiger partial charge in [-0.1, -0.05) is 42.8 Å². The highest BCUT2D eigenvalue weighted by Crippen LogP contribution is 2.50. The number of hydrogen-bond donors (Lipinski definition) is 1. The second-order valence-corrected chi connectivity index (χ2v) is 9.15. The molecule has 4 rings (SSSR count). The van der Waals surface area contributed by atoms with Gasteiger partial charge in [-0.05, 0) is 52.6 Å². The number of rotatable bonds is 6. The maximum Gasteiger partial charge on any atom is 0.422 e. The van der Waals surface area contributed by atoms with Crippen LogP contribution in [0, 0.1) is 0 Å². The number of carbonyl (C=O) groups excluding carboxylic acids is 1. The molecule has 0 unspecified atom stereocenters. The number of hydrogen-bond acceptors (Lipinski definition) is 6. The smallest absolute Gasteiger partial charge is 0.422 e. The van der Waals surface area contributed by atoms with Crippen molar-refractivity contribution < 1.29 is 37.0 Å². The van der Waals surface area contributed by atoms with Crippen molar-refractivity contribution in [3.05, 3.63) is 86.9 Å². The Bertz CT molecular complexity index is 1590. The van der Waals surface area contributed by atoms with E-state index in [2.05, 4.69) is 0 Å². The molecule has 0 spiro atoms. The molecule has 7 nitrogen and oxygen atoms in total. The number of aliphatic hydroxyl groups is 1. The summed E-state index contributed by atoms with van der Waals surface area (Å²) < 4.78 is 59.5. The molecule has 3 aromatic carbocycles. The van der Waals surface area contributed by atoms with E-state index in [-0.39, 0.29) is 33.0 Å². The van der Waals surface area contributed by atoms with Crippen molar-refractivity contribution >= 4 is 28.7 Å². The van der Waals surface area contributed by atoms with Gasteiger partial charge in [0.05, 0.1) is 19.7 Å². The predicted molar refractivity (Wildman–Crippen MR) is 135 cm³/mol. The topological polar surface area (TPSA) is 90.9 Å². The summed E-state index contributed by atoms with van der Waals surface area (Å²) in [6.45, 7) is 1.22. The molecule has 0 saturated carbocycles. The summed E-state index contributed by atoms with van der Waals surface area (Å²) in [6.07, 6.45) is -5.10. The average Bonchev–Trinajstić information content (AvgIpc) is 3.18. The first-order valence-electron chi connectivity index (χ1n) is 11.3. The third-order valence-electron chi connectivity index (χ3n) is 6.70. The van der Waals surface area contributed by atoms with Crippen LogP contribution in [0.15, 0.2) is 63.8 Å². The molecule has 11 heteroatoms. The Kier molecular flexibility index (Phi) is 7.07. The molecular weight excluding hydrogens is 527 g/mol. The molecule has 0 amide bonds. The number of benzene rings is 3. The average molecular weight is 550 g/mol. The van der Waals surface area contributed by atoms with Gasteiger partial charge in [-0.25, -0.2) is 9.59 Å². The second kappa shape index (κ2) is 9.85. The largest absolute Gasteiger partial charge is 0.496 e. The highest BCUT2D eigenvalue weighted by Gasteiger charge is 2.59. The summed E-state index contributed by atoms with van der Waals surface area (Å²) in [5.74, 6) is -2.62. The van der Waals surface area contributed by atoms with E-state index >= 15 is 0 Å². The number of halogens is 4. The fourth-order valence-corrected chi connectivity index (χ4v) is 4.80. The maximum atomic E-state index is 14.5. The van der Waals surface area contributed by atoms with E-state index in [9.17, 15) is 27.9 Å². The number of esters is 1. The highest BCUT2D eigenvalue weighted by atomic mass is 35.5. The van der Waals surface area contributed by atoms with E-state index in [1.165, 1.54) is 52.5 Å². The Morgan fingerprint density at radius 1 is 1.05 bits per heavy atom. The molecule has 1 N–H and O–H groups in total. The van der Waals surface area contributed by atoms with E-state index in [1.807, 2.05) is 0 Å². The fraction of sp³-hybridized carbons (Fsp3) is 0.259. The number of alkyl halides is 3. The van der Waals surface area contributed by atoms with Crippen LogP contribution in [0.25, 0.3) is 22.2 Å². The summed E-state index contributed by atoms with van der Waals surface area (Å²) in [4.78, 5) is 23.8. The minimum atomic E-state index is -5.10. The van der Waals surface area contributed by atoms with Gasteiger partial charge in [0, 0.05) is 18.0 Å². The molecule has 0 saturated heterocycles. The van der Waals surface area contributed by atoms with E-state index in [4.69, 9.17) is 25.5 Å². The van der Waals surface area contributed by atoms with Gasteiger partial charge in [-0.15, -0.1) is 0 Å². The van der Waals surface area contributed by atoms with Crippen molar-refractivity contribution in [2.75, 3.05) is 14.2 Å². The third kappa shape index (κ3) is 4.43. The van der Waals surface area contributed by atoms with Crippen molar-refractivity contribution in [1.82, 2.24) is 4.57 Å². The lowest BCUT2D eigenvalue weighted by molar-refractivity contribution is -0.274. The number of oxazole rings is 1. The number of nitrogens with zero attached hydrogens (tertiary/aromatic N) is 1. The van der Waals surface area contributed by atoms with E-state index in [1.54, 1.807) is 18.2 Å². The van der Waals surface area contributed by atoms with Gasteiger partial charge in [0.25, 0.3) is 0 Å². The number of ether oxygens (including phenoxy) is 2. The van der Waals surface area contributed by atoms with Gasteiger partial charge in [-0.3, -0.25) is 4.57 Å². The van der Waals surface area contributed by atoms with Crippen LogP contribution in [0.5, 0.6) is 5.75 Å². The summed E-state index contributed by atoms with van der Waals surface area (Å²) in [5, 5.41) is 11.2. The Morgan fingerprint density at radius 3 is 2.32 bits per heavy atom. The lowest BCUT2D eigenvalue weighted by Gasteiger charge is -2.37. The van der Waals surface area contributed by atoms with E-state index in [0.29, 0.717) is 11.1 Å². The van der Waals surface area contributed by atoms with Gasteiger partial charge in [0.1, 0.15) is 11.3 Å². The van der Waals surface area contributed by atoms with Crippen LogP contribution < -0.4 is 10.5 Å². The lowest BCUT2D eigenvalue weighted by atomic mass is 9.77. The quantitative estimate of drug-likeness (QED) is 0.306. The van der Waals surface area contributed by atoms with Crippen LogP contribution in [0.2, 0.25) is 5.02 Å². The molecule has 0 fully saturated rings. The maximum absolute atomic E-state index is 14.5. The van der Waals surface area contributed by atoms with Crippen molar-refractivity contribution in [3.63, 3.8) is 0 Å². The fourth-order valence-electron chi connectivity index (χ4n) is 4.46. The van der Waals surface area contributed by atoms with Crippen molar-refractivity contribution in [3.8, 4) is 16.9 Å². The number of fused-ring (bicyclic) bond motifs is 1. The molecule has 0 aliphatic heterocycles. The Labute approximate surface area is 220 Å². The number of carbonyl (C=O) groups is 1. The Hall–Kier alpha value is -3.76. The molecule has 2 atom stereocenters. The summed E-state index contributed by atoms with van der Waals surface area (Å²) in [7, 11) is 3.99. The van der Waals surface area contributed by atoms with Crippen molar-refractivity contribution in [2.24, 2.45) is 7.05 Å².